The van der Waals surface area contributed by atoms with Crippen molar-refractivity contribution in [1.82, 2.24) is 5.32 Å². The van der Waals surface area contributed by atoms with Crippen LogP contribution in [0.4, 0.5) is 10.5 Å². The van der Waals surface area contributed by atoms with Crippen molar-refractivity contribution in [1.29, 1.82) is 0 Å². The van der Waals surface area contributed by atoms with Gasteiger partial charge in [0.25, 0.3) is 11.8 Å². The van der Waals surface area contributed by atoms with Gasteiger partial charge in [-0.2, -0.15) is 0 Å². The monoisotopic (exact) mass is 572 g/mol. The smallest absolute Gasteiger partial charge is 0.335 e. The van der Waals surface area contributed by atoms with E-state index in [0.717, 1.165) is 21.6 Å². The molecule has 1 fully saturated rings. The maximum Gasteiger partial charge on any atom is 0.335 e. The zero-order valence-electron chi connectivity index (χ0n) is 18.7. The number of aryl methyl sites for hydroxylation is 2. The fraction of sp³-hybridized carbons (Fsp3) is 0.115. The molecule has 35 heavy (non-hydrogen) atoms. The number of nitrogens with one attached hydrogen (secondary N) is 1. The molecule has 0 bridgehead atoms. The Hall–Kier alpha value is -3.13. The first-order valence-electron chi connectivity index (χ1n) is 10.5. The van der Waals surface area contributed by atoms with Gasteiger partial charge < -0.3 is 4.74 Å². The molecule has 6 nitrogen and oxygen atoms in total. The number of imide groups is 2. The maximum atomic E-state index is 13.2. The summed E-state index contributed by atoms with van der Waals surface area (Å²) < 4.78 is 6.47. The van der Waals surface area contributed by atoms with E-state index in [1.54, 1.807) is 43.3 Å². The van der Waals surface area contributed by atoms with E-state index >= 15 is 0 Å². The normalized spacial score (nSPS) is 14.9. The minimum Gasteiger partial charge on any atom is -0.488 e. The lowest BCUT2D eigenvalue weighted by molar-refractivity contribution is -0.122. The molecule has 0 radical (unpaired) electrons. The van der Waals surface area contributed by atoms with Crippen LogP contribution in [-0.2, 0) is 16.2 Å². The van der Waals surface area contributed by atoms with Crippen molar-refractivity contribution in [2.24, 2.45) is 0 Å². The van der Waals surface area contributed by atoms with E-state index in [1.165, 1.54) is 6.08 Å². The van der Waals surface area contributed by atoms with Crippen molar-refractivity contribution in [3.05, 3.63) is 96.9 Å². The van der Waals surface area contributed by atoms with Gasteiger partial charge in [0, 0.05) is 0 Å². The molecule has 3 aromatic carbocycles. The summed E-state index contributed by atoms with van der Waals surface area (Å²) in [6, 6.07) is 15.0. The van der Waals surface area contributed by atoms with E-state index in [1.807, 2.05) is 25.1 Å². The Balaban J connectivity index is 1.58. The van der Waals surface area contributed by atoms with Crippen LogP contribution in [0.25, 0.3) is 6.08 Å². The average molecular weight is 574 g/mol. The summed E-state index contributed by atoms with van der Waals surface area (Å²) in [5.74, 6) is -0.883. The summed E-state index contributed by atoms with van der Waals surface area (Å²) in [6.45, 7) is 3.92. The first-order chi connectivity index (χ1) is 16.6. The van der Waals surface area contributed by atoms with Crippen molar-refractivity contribution >= 4 is 68.7 Å². The van der Waals surface area contributed by atoms with E-state index in [-0.39, 0.29) is 12.2 Å². The Morgan fingerprint density at radius 2 is 1.74 bits per heavy atom. The quantitative estimate of drug-likeness (QED) is 0.275. The summed E-state index contributed by atoms with van der Waals surface area (Å²) in [5, 5.41) is 3.16. The van der Waals surface area contributed by atoms with E-state index in [0.29, 0.717) is 31.5 Å². The molecule has 4 rings (SSSR count). The molecule has 1 aliphatic heterocycles. The van der Waals surface area contributed by atoms with Gasteiger partial charge in [0.1, 0.15) is 17.9 Å². The zero-order valence-corrected chi connectivity index (χ0v) is 21.8. The Kier molecular flexibility index (Phi) is 7.31. The van der Waals surface area contributed by atoms with Crippen LogP contribution in [0.2, 0.25) is 10.0 Å². The molecule has 4 amide bonds. The molecule has 0 atom stereocenters. The van der Waals surface area contributed by atoms with Crippen LogP contribution in [0, 0.1) is 13.8 Å². The summed E-state index contributed by atoms with van der Waals surface area (Å²) >= 11 is 15.5. The minimum atomic E-state index is -0.780. The van der Waals surface area contributed by atoms with Gasteiger partial charge in [-0.3, -0.25) is 14.9 Å². The van der Waals surface area contributed by atoms with Crippen LogP contribution in [0.5, 0.6) is 5.75 Å². The second-order valence-corrected chi connectivity index (χ2v) is 9.64. The lowest BCUT2D eigenvalue weighted by atomic mass is 10.0. The van der Waals surface area contributed by atoms with E-state index < -0.39 is 17.8 Å². The van der Waals surface area contributed by atoms with Crippen molar-refractivity contribution in [3.63, 3.8) is 0 Å². The average Bonchev–Trinajstić information content (AvgIpc) is 2.80. The van der Waals surface area contributed by atoms with Gasteiger partial charge in [-0.05, 0) is 88.4 Å². The van der Waals surface area contributed by atoms with Crippen molar-refractivity contribution in [2.45, 2.75) is 20.5 Å². The number of benzene rings is 3. The van der Waals surface area contributed by atoms with Gasteiger partial charge in [-0.1, -0.05) is 47.5 Å². The second-order valence-electron chi connectivity index (χ2n) is 7.97. The molecule has 9 heteroatoms. The SMILES string of the molecule is Cc1ccc(C)c(N2C(=O)NC(=O)/C(=C\c3ccc(OCc4ccc(Cl)c(Cl)c4)c(Br)c3)C2=O)c1. The van der Waals surface area contributed by atoms with Crippen LogP contribution in [0.3, 0.4) is 0 Å². The van der Waals surface area contributed by atoms with Crippen LogP contribution in [-0.4, -0.2) is 17.8 Å². The number of ether oxygens (including phenoxy) is 1. The second kappa shape index (κ2) is 10.2. The number of halogens is 3. The van der Waals surface area contributed by atoms with Gasteiger partial charge in [0.2, 0.25) is 0 Å². The standard InChI is InChI=1S/C26H19BrCl2N2O4/c1-14-3-4-15(2)22(9-14)31-25(33)18(24(32)30-26(31)34)10-16-6-8-23(19(27)11-16)35-13-17-5-7-20(28)21(29)12-17/h3-12H,13H2,1-2H3,(H,30,32,34)/b18-10+. The number of hydrogen-bond donors (Lipinski definition) is 1. The van der Waals surface area contributed by atoms with E-state index in [2.05, 4.69) is 21.2 Å². The van der Waals surface area contributed by atoms with Crippen molar-refractivity contribution in [3.8, 4) is 5.75 Å². The molecule has 0 aliphatic carbocycles. The van der Waals surface area contributed by atoms with E-state index in [4.69, 9.17) is 27.9 Å². The number of barbiturate groups is 1. The molecule has 1 aliphatic rings. The highest BCUT2D eigenvalue weighted by molar-refractivity contribution is 9.10. The third-order valence-corrected chi connectivity index (χ3v) is 6.71. The highest BCUT2D eigenvalue weighted by Gasteiger charge is 2.37. The number of nitrogens with zero attached hydrogens (tertiary/aromatic N) is 1. The number of hydrogen-bond acceptors (Lipinski definition) is 4. The summed E-state index contributed by atoms with van der Waals surface area (Å²) in [6.07, 6.45) is 1.44. The maximum absolute atomic E-state index is 13.2. The Morgan fingerprint density at radius 3 is 2.46 bits per heavy atom. The number of anilines is 1. The van der Waals surface area contributed by atoms with Crippen molar-refractivity contribution < 1.29 is 19.1 Å². The highest BCUT2D eigenvalue weighted by atomic mass is 79.9. The van der Waals surface area contributed by atoms with Crippen LogP contribution in [0.15, 0.2) is 64.6 Å². The van der Waals surface area contributed by atoms with Crippen LogP contribution < -0.4 is 15.0 Å². The first-order valence-corrected chi connectivity index (χ1v) is 12.0. The number of carbonyl (C=O) groups excluding carboxylic acids is 3. The molecule has 1 saturated heterocycles. The van der Waals surface area contributed by atoms with Crippen LogP contribution >= 0.6 is 39.1 Å². The summed E-state index contributed by atoms with van der Waals surface area (Å²) in [7, 11) is 0. The van der Waals surface area contributed by atoms with Gasteiger partial charge in [0.15, 0.2) is 0 Å². The van der Waals surface area contributed by atoms with E-state index in [9.17, 15) is 14.4 Å². The Morgan fingerprint density at radius 1 is 0.971 bits per heavy atom. The number of carbonyl (C=O) groups is 3. The predicted octanol–water partition coefficient (Wildman–Crippen LogP) is 6.62. The fourth-order valence-corrected chi connectivity index (χ4v) is 4.35. The molecule has 0 unspecified atom stereocenters. The van der Waals surface area contributed by atoms with Gasteiger partial charge in [-0.15, -0.1) is 0 Å². The Labute approximate surface area is 220 Å². The summed E-state index contributed by atoms with van der Waals surface area (Å²) in [5.41, 5.74) is 3.32. The number of amides is 4. The molecule has 3 aromatic rings. The van der Waals surface area contributed by atoms with Gasteiger partial charge in [-0.25, -0.2) is 9.69 Å². The van der Waals surface area contributed by atoms with Gasteiger partial charge in [0.05, 0.1) is 20.2 Å². The van der Waals surface area contributed by atoms with Gasteiger partial charge >= 0.3 is 6.03 Å². The molecular weight excluding hydrogens is 555 g/mol. The molecule has 178 valence electrons. The molecular formula is C26H19BrCl2N2O4. The van der Waals surface area contributed by atoms with Crippen LogP contribution in [0.1, 0.15) is 22.3 Å². The lowest BCUT2D eigenvalue weighted by Gasteiger charge is -2.27. The highest BCUT2D eigenvalue weighted by Crippen LogP contribution is 2.30. The minimum absolute atomic E-state index is 0.151. The largest absolute Gasteiger partial charge is 0.488 e. The summed E-state index contributed by atoms with van der Waals surface area (Å²) in [4.78, 5) is 39.2. The Bertz CT molecular complexity index is 1400. The first kappa shape index (κ1) is 25.0. The molecule has 1 N–H and O–H groups in total. The number of urea groups is 1. The molecule has 0 spiro atoms. The third kappa shape index (κ3) is 5.42. The predicted molar refractivity (Wildman–Crippen MR) is 140 cm³/mol. The molecule has 1 heterocycles. The third-order valence-electron chi connectivity index (χ3n) is 5.35. The lowest BCUT2D eigenvalue weighted by Crippen LogP contribution is -2.54. The number of rotatable bonds is 5. The zero-order chi connectivity index (χ0) is 25.3. The van der Waals surface area contributed by atoms with Crippen molar-refractivity contribution in [2.75, 3.05) is 4.90 Å². The topological polar surface area (TPSA) is 75.7 Å². The molecule has 0 aromatic heterocycles. The fourth-order valence-electron chi connectivity index (χ4n) is 3.52. The molecule has 0 saturated carbocycles.